The summed E-state index contributed by atoms with van der Waals surface area (Å²) in [6.07, 6.45) is 1.95. The van der Waals surface area contributed by atoms with E-state index in [1.807, 2.05) is 29.2 Å². The van der Waals surface area contributed by atoms with E-state index in [2.05, 4.69) is 39.4 Å². The molecule has 0 atom stereocenters. The first-order valence-electron chi connectivity index (χ1n) is 16.0. The zero-order valence-corrected chi connectivity index (χ0v) is 26.4. The van der Waals surface area contributed by atoms with Crippen LogP contribution in [0.4, 0.5) is 28.1 Å². The molecule has 0 aliphatic carbocycles. The fraction of sp³-hybridized carbons (Fsp3) is 0.485. The highest BCUT2D eigenvalue weighted by Crippen LogP contribution is 2.39. The lowest BCUT2D eigenvalue weighted by molar-refractivity contribution is -0.127. The number of carbonyl (C=O) groups excluding carboxylic acids is 2. The van der Waals surface area contributed by atoms with Crippen molar-refractivity contribution in [2.45, 2.75) is 18.9 Å². The summed E-state index contributed by atoms with van der Waals surface area (Å²) in [5.41, 5.74) is 2.92. The molecule has 242 valence electrons. The second-order valence-electron chi connectivity index (χ2n) is 12.9. The third-order valence-electron chi connectivity index (χ3n) is 9.33. The van der Waals surface area contributed by atoms with Crippen molar-refractivity contribution in [3.05, 3.63) is 54.1 Å². The van der Waals surface area contributed by atoms with Gasteiger partial charge in [-0.1, -0.05) is 0 Å². The second-order valence-corrected chi connectivity index (χ2v) is 12.9. The summed E-state index contributed by atoms with van der Waals surface area (Å²) in [7, 11) is 4.17. The molecule has 0 radical (unpaired) electrons. The number of anilines is 4. The van der Waals surface area contributed by atoms with Crippen LogP contribution < -0.4 is 20.4 Å². The first-order valence-corrected chi connectivity index (χ1v) is 16.0. The van der Waals surface area contributed by atoms with Crippen molar-refractivity contribution >= 4 is 35.2 Å². The minimum absolute atomic E-state index is 0.0254. The van der Waals surface area contributed by atoms with Gasteiger partial charge in [0, 0.05) is 67.8 Å². The molecular formula is C33H41N9O4. The van der Waals surface area contributed by atoms with E-state index in [1.165, 1.54) is 0 Å². The number of aromatic nitrogens is 3. The standard InChI is InChI=1S/C33H41N9O4/c1-39(2)27-11-13-40(14-12-27)29(43)24-5-9-26(10-6-24)35-32(44)34-25-7-3-23(4-8-25)28-36-30(41-15-17-45-18-16-41)38-31(37-28)42-19-33(20-42)21-46-22-33/h3-10,27H,11-22H2,1-2H3,(H2,34,35,44). The molecule has 2 N–H and O–H groups in total. The highest BCUT2D eigenvalue weighted by molar-refractivity contribution is 6.00. The normalized spacial score (nSPS) is 19.5. The smallest absolute Gasteiger partial charge is 0.323 e. The molecule has 0 unspecified atom stereocenters. The lowest BCUT2D eigenvalue weighted by atomic mass is 9.78. The van der Waals surface area contributed by atoms with E-state index in [-0.39, 0.29) is 17.4 Å². The third-order valence-corrected chi connectivity index (χ3v) is 9.33. The van der Waals surface area contributed by atoms with Gasteiger partial charge in [-0.2, -0.15) is 15.0 Å². The number of urea groups is 1. The minimum atomic E-state index is -0.374. The molecule has 2 aromatic carbocycles. The van der Waals surface area contributed by atoms with Crippen molar-refractivity contribution in [1.82, 2.24) is 24.8 Å². The second kappa shape index (κ2) is 12.8. The molecule has 1 spiro atoms. The maximum Gasteiger partial charge on any atom is 0.323 e. The molecule has 4 fully saturated rings. The first kappa shape index (κ1) is 30.3. The SMILES string of the molecule is CN(C)C1CCN(C(=O)c2ccc(NC(=O)Nc3ccc(-c4nc(N5CCOCC5)nc(N5CC6(COC6)C5)n4)cc3)cc2)CC1. The van der Waals surface area contributed by atoms with Crippen LogP contribution in [-0.2, 0) is 9.47 Å². The number of piperidine rings is 1. The highest BCUT2D eigenvalue weighted by atomic mass is 16.5. The highest BCUT2D eigenvalue weighted by Gasteiger charge is 2.50. The molecule has 0 bridgehead atoms. The van der Waals surface area contributed by atoms with Crippen LogP contribution >= 0.6 is 0 Å². The van der Waals surface area contributed by atoms with Crippen molar-refractivity contribution in [3.63, 3.8) is 0 Å². The maximum absolute atomic E-state index is 13.0. The Morgan fingerprint density at radius 3 is 1.93 bits per heavy atom. The molecule has 4 aliphatic rings. The van der Waals surface area contributed by atoms with E-state index >= 15 is 0 Å². The number of hydrogen-bond donors (Lipinski definition) is 2. The number of benzene rings is 2. The molecule has 13 heteroatoms. The number of carbonyl (C=O) groups is 2. The summed E-state index contributed by atoms with van der Waals surface area (Å²) in [5.74, 6) is 1.94. The fourth-order valence-electron chi connectivity index (χ4n) is 6.47. The number of nitrogens with zero attached hydrogens (tertiary/aromatic N) is 7. The number of hydrogen-bond acceptors (Lipinski definition) is 10. The van der Waals surface area contributed by atoms with Gasteiger partial charge in [0.25, 0.3) is 5.91 Å². The van der Waals surface area contributed by atoms with Crippen LogP contribution in [0.1, 0.15) is 23.2 Å². The van der Waals surface area contributed by atoms with Gasteiger partial charge in [0.05, 0.1) is 31.8 Å². The van der Waals surface area contributed by atoms with E-state index in [0.717, 1.165) is 70.9 Å². The minimum Gasteiger partial charge on any atom is -0.380 e. The van der Waals surface area contributed by atoms with Gasteiger partial charge in [-0.05, 0) is 75.5 Å². The molecule has 0 saturated carbocycles. The lowest BCUT2D eigenvalue weighted by Crippen LogP contribution is -2.66. The zero-order valence-electron chi connectivity index (χ0n) is 26.4. The molecule has 7 rings (SSSR count). The van der Waals surface area contributed by atoms with Crippen LogP contribution in [0, 0.1) is 5.41 Å². The number of amides is 3. The number of rotatable bonds is 7. The zero-order chi connectivity index (χ0) is 31.7. The van der Waals surface area contributed by atoms with Crippen LogP contribution in [0.25, 0.3) is 11.4 Å². The summed E-state index contributed by atoms with van der Waals surface area (Å²) in [6, 6.07) is 14.6. The number of nitrogens with one attached hydrogen (secondary N) is 2. The van der Waals surface area contributed by atoms with Gasteiger partial charge in [0.1, 0.15) is 0 Å². The van der Waals surface area contributed by atoms with Gasteiger partial charge < -0.3 is 39.7 Å². The van der Waals surface area contributed by atoms with Crippen molar-refractivity contribution in [1.29, 1.82) is 0 Å². The van der Waals surface area contributed by atoms with Gasteiger partial charge in [-0.25, -0.2) is 4.79 Å². The van der Waals surface area contributed by atoms with Crippen LogP contribution in [0.3, 0.4) is 0 Å². The monoisotopic (exact) mass is 627 g/mol. The molecule has 4 aliphatic heterocycles. The van der Waals surface area contributed by atoms with Crippen LogP contribution in [0.2, 0.25) is 0 Å². The van der Waals surface area contributed by atoms with Gasteiger partial charge in [-0.3, -0.25) is 4.79 Å². The number of likely N-dealkylation sites (tertiary alicyclic amines) is 1. The number of morpholine rings is 1. The Kier molecular flexibility index (Phi) is 8.45. The Labute approximate surface area is 268 Å². The fourth-order valence-corrected chi connectivity index (χ4v) is 6.47. The Morgan fingerprint density at radius 2 is 1.37 bits per heavy atom. The first-order chi connectivity index (χ1) is 22.3. The average molecular weight is 628 g/mol. The van der Waals surface area contributed by atoms with Crippen molar-refractivity contribution in [2.75, 3.05) is 100 Å². The van der Waals surface area contributed by atoms with Crippen LogP contribution in [0.15, 0.2) is 48.5 Å². The predicted octanol–water partition coefficient (Wildman–Crippen LogP) is 3.02. The topological polar surface area (TPSA) is 128 Å². The van der Waals surface area contributed by atoms with E-state index in [0.29, 0.717) is 53.9 Å². The largest absolute Gasteiger partial charge is 0.380 e. The predicted molar refractivity (Wildman–Crippen MR) is 175 cm³/mol. The van der Waals surface area contributed by atoms with E-state index in [4.69, 9.17) is 24.4 Å². The number of ether oxygens (including phenoxy) is 2. The Balaban J connectivity index is 0.973. The van der Waals surface area contributed by atoms with Crippen LogP contribution in [-0.4, -0.2) is 123 Å². The van der Waals surface area contributed by atoms with E-state index in [1.54, 1.807) is 24.3 Å². The summed E-state index contributed by atoms with van der Waals surface area (Å²) in [5, 5.41) is 5.73. The van der Waals surface area contributed by atoms with E-state index < -0.39 is 0 Å². The molecule has 5 heterocycles. The van der Waals surface area contributed by atoms with Gasteiger partial charge in [0.15, 0.2) is 5.82 Å². The molecule has 1 aromatic heterocycles. The van der Waals surface area contributed by atoms with Gasteiger partial charge in [0.2, 0.25) is 11.9 Å². The van der Waals surface area contributed by atoms with Gasteiger partial charge >= 0.3 is 6.03 Å². The summed E-state index contributed by atoms with van der Waals surface area (Å²) >= 11 is 0. The Hall–Kier alpha value is -4.33. The summed E-state index contributed by atoms with van der Waals surface area (Å²) in [6.45, 7) is 7.59. The maximum atomic E-state index is 13.0. The lowest BCUT2D eigenvalue weighted by Gasteiger charge is -2.54. The third kappa shape index (κ3) is 6.48. The van der Waals surface area contributed by atoms with E-state index in [9.17, 15) is 9.59 Å². The van der Waals surface area contributed by atoms with Gasteiger partial charge in [-0.15, -0.1) is 0 Å². The summed E-state index contributed by atoms with van der Waals surface area (Å²) < 4.78 is 11.0. The van der Waals surface area contributed by atoms with Crippen molar-refractivity contribution < 1.29 is 19.1 Å². The van der Waals surface area contributed by atoms with Crippen molar-refractivity contribution in [3.8, 4) is 11.4 Å². The van der Waals surface area contributed by atoms with Crippen molar-refractivity contribution in [2.24, 2.45) is 5.41 Å². The van der Waals surface area contributed by atoms with Crippen LogP contribution in [0.5, 0.6) is 0 Å². The Bertz CT molecular complexity index is 1540. The molecule has 13 nitrogen and oxygen atoms in total. The molecule has 46 heavy (non-hydrogen) atoms. The Morgan fingerprint density at radius 1 is 0.783 bits per heavy atom. The molecule has 4 saturated heterocycles. The molecular weight excluding hydrogens is 586 g/mol. The quantitative estimate of drug-likeness (QED) is 0.404. The molecule has 3 aromatic rings. The summed E-state index contributed by atoms with van der Waals surface area (Å²) in [4.78, 5) is 48.7. The average Bonchev–Trinajstić information content (AvgIpc) is 3.04. The molecule has 3 amide bonds.